The Labute approximate surface area is 154 Å². The molecule has 0 fully saturated rings. The Morgan fingerprint density at radius 2 is 2.15 bits per heavy atom. The van der Waals surface area contributed by atoms with Crippen LogP contribution in [-0.4, -0.2) is 39.9 Å². The van der Waals surface area contributed by atoms with Crippen molar-refractivity contribution in [1.29, 1.82) is 5.26 Å². The molecule has 0 unspecified atom stereocenters. The zero-order valence-electron chi connectivity index (χ0n) is 14.1. The van der Waals surface area contributed by atoms with Crippen LogP contribution in [-0.2, 0) is 4.79 Å². The predicted molar refractivity (Wildman–Crippen MR) is 101 cm³/mol. The molecule has 0 atom stereocenters. The molecular formula is C18H15ClN6O. The number of aromatic nitrogens is 3. The van der Waals surface area contributed by atoms with Gasteiger partial charge in [0.25, 0.3) is 5.91 Å². The van der Waals surface area contributed by atoms with Crippen LogP contribution in [0, 0.1) is 11.3 Å². The van der Waals surface area contributed by atoms with Crippen molar-refractivity contribution < 1.29 is 4.79 Å². The molecule has 1 aromatic carbocycles. The number of fused-ring (bicyclic) bond motifs is 1. The smallest absolute Gasteiger partial charge is 0.264 e. The van der Waals surface area contributed by atoms with Gasteiger partial charge in [0.15, 0.2) is 0 Å². The second kappa shape index (κ2) is 7.25. The first-order valence-electron chi connectivity index (χ1n) is 7.67. The maximum Gasteiger partial charge on any atom is 0.264 e. The number of halogens is 1. The van der Waals surface area contributed by atoms with Gasteiger partial charge in [-0.05, 0) is 35.9 Å². The number of benzene rings is 1. The lowest BCUT2D eigenvalue weighted by molar-refractivity contribution is -0.124. The van der Waals surface area contributed by atoms with Gasteiger partial charge in [-0.3, -0.25) is 4.79 Å². The van der Waals surface area contributed by atoms with Gasteiger partial charge in [-0.2, -0.15) is 5.26 Å². The van der Waals surface area contributed by atoms with E-state index in [0.717, 1.165) is 16.7 Å². The van der Waals surface area contributed by atoms with E-state index in [1.807, 2.05) is 12.1 Å². The Hall–Kier alpha value is -3.37. The molecule has 8 heteroatoms. The van der Waals surface area contributed by atoms with Crippen LogP contribution in [0.1, 0.15) is 5.56 Å². The van der Waals surface area contributed by atoms with Gasteiger partial charge in [0.2, 0.25) is 0 Å². The molecule has 0 aliphatic rings. The third kappa shape index (κ3) is 3.50. The summed E-state index contributed by atoms with van der Waals surface area (Å²) in [4.78, 5) is 24.8. The van der Waals surface area contributed by atoms with E-state index in [9.17, 15) is 10.1 Å². The first-order chi connectivity index (χ1) is 12.5. The van der Waals surface area contributed by atoms with Crippen molar-refractivity contribution in [3.8, 4) is 6.07 Å². The molecule has 7 nitrogen and oxygen atoms in total. The molecule has 0 aliphatic carbocycles. The third-order valence-electron chi connectivity index (χ3n) is 3.67. The van der Waals surface area contributed by atoms with Gasteiger partial charge < -0.3 is 15.2 Å². The average molecular weight is 367 g/mol. The Balaban J connectivity index is 1.97. The first kappa shape index (κ1) is 17.5. The molecule has 1 amide bonds. The van der Waals surface area contributed by atoms with Crippen molar-refractivity contribution in [1.82, 2.24) is 19.9 Å². The zero-order chi connectivity index (χ0) is 18.7. The molecule has 130 valence electrons. The van der Waals surface area contributed by atoms with Crippen LogP contribution in [0.3, 0.4) is 0 Å². The largest absolute Gasteiger partial charge is 0.346 e. The maximum atomic E-state index is 12.0. The second-order valence-corrected chi connectivity index (χ2v) is 6.10. The Morgan fingerprint density at radius 1 is 1.35 bits per heavy atom. The predicted octanol–water partition coefficient (Wildman–Crippen LogP) is 3.35. The zero-order valence-corrected chi connectivity index (χ0v) is 14.9. The van der Waals surface area contributed by atoms with Gasteiger partial charge in [0.05, 0.1) is 5.39 Å². The highest BCUT2D eigenvalue weighted by molar-refractivity contribution is 6.32. The fraction of sp³-hybridized carbons (Fsp3) is 0.111. The van der Waals surface area contributed by atoms with E-state index in [2.05, 4.69) is 20.3 Å². The molecule has 0 aliphatic heterocycles. The van der Waals surface area contributed by atoms with Crippen molar-refractivity contribution in [2.45, 2.75) is 0 Å². The summed E-state index contributed by atoms with van der Waals surface area (Å²) in [6, 6.07) is 9.03. The summed E-state index contributed by atoms with van der Waals surface area (Å²) in [6.45, 7) is 0. The number of rotatable bonds is 4. The molecule has 3 rings (SSSR count). The van der Waals surface area contributed by atoms with Crippen LogP contribution in [0.25, 0.3) is 17.1 Å². The SMILES string of the molecule is CN(C)C(=O)/C(C#N)=C/c1cc(Nc2ncnc3[nH]ccc23)ccc1Cl. The molecular weight excluding hydrogens is 352 g/mol. The number of nitrogens with zero attached hydrogens (tertiary/aromatic N) is 4. The van der Waals surface area contributed by atoms with Crippen LogP contribution < -0.4 is 5.32 Å². The van der Waals surface area contributed by atoms with Crippen molar-refractivity contribution in [2.24, 2.45) is 0 Å². The summed E-state index contributed by atoms with van der Waals surface area (Å²) >= 11 is 6.22. The van der Waals surface area contributed by atoms with Crippen LogP contribution in [0.4, 0.5) is 11.5 Å². The standard InChI is InChI=1S/C18H15ClN6O/c1-25(2)18(26)12(9-20)7-11-8-13(3-4-15(11)19)24-17-14-5-6-21-16(14)22-10-23-17/h3-8,10H,1-2H3,(H2,21,22,23,24)/b12-7+. The number of amides is 1. The minimum absolute atomic E-state index is 0.00381. The molecule has 0 bridgehead atoms. The molecule has 2 aromatic heterocycles. The highest BCUT2D eigenvalue weighted by Gasteiger charge is 2.13. The lowest BCUT2D eigenvalue weighted by Gasteiger charge is -2.10. The second-order valence-electron chi connectivity index (χ2n) is 5.69. The molecule has 0 spiro atoms. The third-order valence-corrected chi connectivity index (χ3v) is 4.01. The summed E-state index contributed by atoms with van der Waals surface area (Å²) < 4.78 is 0. The number of aromatic amines is 1. The van der Waals surface area contributed by atoms with Crippen LogP contribution in [0.2, 0.25) is 5.02 Å². The summed E-state index contributed by atoms with van der Waals surface area (Å²) in [7, 11) is 3.18. The van der Waals surface area contributed by atoms with Crippen molar-refractivity contribution in [3.63, 3.8) is 0 Å². The number of carbonyl (C=O) groups excluding carboxylic acids is 1. The number of hydrogen-bond donors (Lipinski definition) is 2. The Morgan fingerprint density at radius 3 is 2.88 bits per heavy atom. The lowest BCUT2D eigenvalue weighted by Crippen LogP contribution is -2.22. The fourth-order valence-corrected chi connectivity index (χ4v) is 2.55. The van der Waals surface area contributed by atoms with Gasteiger partial charge in [-0.25, -0.2) is 9.97 Å². The van der Waals surface area contributed by atoms with Gasteiger partial charge in [-0.15, -0.1) is 0 Å². The van der Waals surface area contributed by atoms with Crippen LogP contribution >= 0.6 is 11.6 Å². The van der Waals surface area contributed by atoms with Crippen molar-refractivity contribution in [3.05, 3.63) is 52.9 Å². The normalized spacial score (nSPS) is 11.2. The van der Waals surface area contributed by atoms with E-state index in [1.165, 1.54) is 17.3 Å². The maximum absolute atomic E-state index is 12.0. The molecule has 26 heavy (non-hydrogen) atoms. The number of likely N-dealkylation sites (N-methyl/N-ethyl adjacent to an activating group) is 1. The molecule has 0 radical (unpaired) electrons. The number of nitriles is 1. The van der Waals surface area contributed by atoms with E-state index < -0.39 is 0 Å². The molecule has 2 N–H and O–H groups in total. The number of carbonyl (C=O) groups is 1. The Bertz CT molecular complexity index is 1050. The summed E-state index contributed by atoms with van der Waals surface area (Å²) in [5.74, 6) is 0.255. The lowest BCUT2D eigenvalue weighted by atomic mass is 10.1. The van der Waals surface area contributed by atoms with E-state index >= 15 is 0 Å². The molecule has 0 saturated heterocycles. The fourth-order valence-electron chi connectivity index (χ4n) is 2.38. The number of nitrogens with one attached hydrogen (secondary N) is 2. The highest BCUT2D eigenvalue weighted by Crippen LogP contribution is 2.27. The van der Waals surface area contributed by atoms with Crippen molar-refractivity contribution in [2.75, 3.05) is 19.4 Å². The van der Waals surface area contributed by atoms with Crippen molar-refractivity contribution >= 4 is 46.1 Å². The minimum Gasteiger partial charge on any atom is -0.346 e. The van der Waals surface area contributed by atoms with E-state index in [-0.39, 0.29) is 11.5 Å². The van der Waals surface area contributed by atoms with Crippen LogP contribution in [0.15, 0.2) is 42.4 Å². The number of anilines is 2. The van der Waals surface area contributed by atoms with Gasteiger partial charge in [0, 0.05) is 31.0 Å². The quantitative estimate of drug-likeness (QED) is 0.545. The molecule has 2 heterocycles. The number of hydrogen-bond acceptors (Lipinski definition) is 5. The summed E-state index contributed by atoms with van der Waals surface area (Å²) in [5.41, 5.74) is 2.00. The van der Waals surface area contributed by atoms with Crippen LogP contribution in [0.5, 0.6) is 0 Å². The average Bonchev–Trinajstić information content (AvgIpc) is 3.11. The first-order valence-corrected chi connectivity index (χ1v) is 8.05. The monoisotopic (exact) mass is 366 g/mol. The number of H-pyrrole nitrogens is 1. The van der Waals surface area contributed by atoms with Gasteiger partial charge >= 0.3 is 0 Å². The molecule has 0 saturated carbocycles. The summed E-state index contributed by atoms with van der Waals surface area (Å²) in [5, 5.41) is 13.7. The Kier molecular flexibility index (Phi) is 4.87. The van der Waals surface area contributed by atoms with Gasteiger partial charge in [0.1, 0.15) is 29.4 Å². The highest BCUT2D eigenvalue weighted by atomic mass is 35.5. The molecule has 3 aromatic rings. The van der Waals surface area contributed by atoms with E-state index in [1.54, 1.807) is 38.5 Å². The van der Waals surface area contributed by atoms with Gasteiger partial charge in [-0.1, -0.05) is 11.6 Å². The topological polar surface area (TPSA) is 97.7 Å². The minimum atomic E-state index is -0.383. The van der Waals surface area contributed by atoms with E-state index in [4.69, 9.17) is 11.6 Å². The summed E-state index contributed by atoms with van der Waals surface area (Å²) in [6.07, 6.45) is 4.72. The van der Waals surface area contributed by atoms with E-state index in [0.29, 0.717) is 16.4 Å².